The fourth-order valence-corrected chi connectivity index (χ4v) is 2.86. The van der Waals surface area contributed by atoms with Gasteiger partial charge in [0.05, 0.1) is 6.10 Å². The van der Waals surface area contributed by atoms with Gasteiger partial charge < -0.3 is 15.4 Å². The monoisotopic (exact) mass is 292 g/mol. The molecule has 0 radical (unpaired) electrons. The summed E-state index contributed by atoms with van der Waals surface area (Å²) in [6, 6.07) is 0.451. The summed E-state index contributed by atoms with van der Waals surface area (Å²) in [5.74, 6) is 2.86. The van der Waals surface area contributed by atoms with E-state index in [0.29, 0.717) is 12.1 Å². The smallest absolute Gasteiger partial charge is 0.134 e. The molecular formula is C16H28N4O. The van der Waals surface area contributed by atoms with Crippen molar-refractivity contribution < 1.29 is 4.74 Å². The molecule has 1 fully saturated rings. The SMILES string of the molecule is CCCc1nc(NCC)c(C)c(NC2CCC(OC)C2)n1. The van der Waals surface area contributed by atoms with Gasteiger partial charge in [-0.3, -0.25) is 0 Å². The molecule has 5 heteroatoms. The first-order valence-corrected chi connectivity index (χ1v) is 8.08. The topological polar surface area (TPSA) is 59.1 Å². The maximum absolute atomic E-state index is 5.45. The van der Waals surface area contributed by atoms with Crippen molar-refractivity contribution in [3.8, 4) is 0 Å². The maximum Gasteiger partial charge on any atom is 0.134 e. The van der Waals surface area contributed by atoms with Gasteiger partial charge in [0.2, 0.25) is 0 Å². The number of nitrogens with zero attached hydrogens (tertiary/aromatic N) is 2. The number of aromatic nitrogens is 2. The van der Waals surface area contributed by atoms with Gasteiger partial charge in [0, 0.05) is 31.7 Å². The van der Waals surface area contributed by atoms with Crippen LogP contribution in [0, 0.1) is 6.92 Å². The first kappa shape index (κ1) is 16.0. The number of aryl methyl sites for hydroxylation is 1. The number of ether oxygens (including phenoxy) is 1. The van der Waals surface area contributed by atoms with Crippen LogP contribution in [0.2, 0.25) is 0 Å². The summed E-state index contributed by atoms with van der Waals surface area (Å²) in [6.07, 6.45) is 5.68. The van der Waals surface area contributed by atoms with Gasteiger partial charge in [-0.15, -0.1) is 0 Å². The highest BCUT2D eigenvalue weighted by atomic mass is 16.5. The second-order valence-corrected chi connectivity index (χ2v) is 5.75. The largest absolute Gasteiger partial charge is 0.381 e. The average molecular weight is 292 g/mol. The molecule has 1 heterocycles. The van der Waals surface area contributed by atoms with Crippen molar-refractivity contribution in [2.24, 2.45) is 0 Å². The van der Waals surface area contributed by atoms with Crippen LogP contribution in [0.25, 0.3) is 0 Å². The van der Waals surface area contributed by atoms with Crippen molar-refractivity contribution in [3.63, 3.8) is 0 Å². The fourth-order valence-electron chi connectivity index (χ4n) is 2.86. The molecule has 118 valence electrons. The molecule has 2 unspecified atom stereocenters. The Labute approximate surface area is 127 Å². The van der Waals surface area contributed by atoms with Crippen molar-refractivity contribution >= 4 is 11.6 Å². The second kappa shape index (κ2) is 7.59. The minimum absolute atomic E-state index is 0.382. The van der Waals surface area contributed by atoms with Gasteiger partial charge in [-0.1, -0.05) is 6.92 Å². The van der Waals surface area contributed by atoms with E-state index in [1.807, 2.05) is 0 Å². The van der Waals surface area contributed by atoms with Crippen LogP contribution in [-0.4, -0.2) is 35.8 Å². The Bertz CT molecular complexity index is 464. The van der Waals surface area contributed by atoms with E-state index < -0.39 is 0 Å². The normalized spacial score (nSPS) is 21.5. The minimum Gasteiger partial charge on any atom is -0.381 e. The van der Waals surface area contributed by atoms with Crippen LogP contribution in [-0.2, 0) is 11.2 Å². The predicted molar refractivity (Wildman–Crippen MR) is 87.0 cm³/mol. The number of hydrogen-bond acceptors (Lipinski definition) is 5. The Balaban J connectivity index is 2.16. The molecule has 1 aromatic rings. The van der Waals surface area contributed by atoms with Crippen LogP contribution in [0.3, 0.4) is 0 Å². The lowest BCUT2D eigenvalue weighted by molar-refractivity contribution is 0.108. The third-order valence-corrected chi connectivity index (χ3v) is 4.07. The van der Waals surface area contributed by atoms with Gasteiger partial charge in [0.1, 0.15) is 17.5 Å². The van der Waals surface area contributed by atoms with Crippen molar-refractivity contribution in [3.05, 3.63) is 11.4 Å². The summed E-state index contributed by atoms with van der Waals surface area (Å²) in [4.78, 5) is 9.35. The first-order chi connectivity index (χ1) is 10.2. The quantitative estimate of drug-likeness (QED) is 0.808. The zero-order valence-corrected chi connectivity index (χ0v) is 13.7. The Morgan fingerprint density at radius 1 is 1.19 bits per heavy atom. The van der Waals surface area contributed by atoms with Gasteiger partial charge in [0.25, 0.3) is 0 Å². The molecule has 0 bridgehead atoms. The molecule has 0 aromatic carbocycles. The minimum atomic E-state index is 0.382. The third kappa shape index (κ3) is 4.06. The highest BCUT2D eigenvalue weighted by molar-refractivity contribution is 5.57. The zero-order valence-electron chi connectivity index (χ0n) is 13.7. The lowest BCUT2D eigenvalue weighted by Gasteiger charge is -2.18. The van der Waals surface area contributed by atoms with Crippen molar-refractivity contribution in [2.75, 3.05) is 24.3 Å². The van der Waals surface area contributed by atoms with E-state index in [0.717, 1.165) is 61.7 Å². The summed E-state index contributed by atoms with van der Waals surface area (Å²) in [7, 11) is 1.80. The standard InChI is InChI=1S/C16H28N4O/c1-5-7-14-19-15(17-6-2)11(3)16(20-14)18-12-8-9-13(10-12)21-4/h12-13H,5-10H2,1-4H3,(H2,17,18,19,20). The van der Waals surface area contributed by atoms with Gasteiger partial charge >= 0.3 is 0 Å². The first-order valence-electron chi connectivity index (χ1n) is 8.08. The molecule has 1 aliphatic carbocycles. The number of rotatable bonds is 7. The maximum atomic E-state index is 5.45. The van der Waals surface area contributed by atoms with E-state index in [1.165, 1.54) is 0 Å². The summed E-state index contributed by atoms with van der Waals surface area (Å²) < 4.78 is 5.45. The van der Waals surface area contributed by atoms with Crippen LogP contribution >= 0.6 is 0 Å². The fraction of sp³-hybridized carbons (Fsp3) is 0.750. The molecule has 0 amide bonds. The van der Waals surface area contributed by atoms with E-state index in [2.05, 4.69) is 36.4 Å². The molecule has 5 nitrogen and oxygen atoms in total. The lowest BCUT2D eigenvalue weighted by atomic mass is 10.2. The number of hydrogen-bond donors (Lipinski definition) is 2. The van der Waals surface area contributed by atoms with E-state index in [1.54, 1.807) is 7.11 Å². The Morgan fingerprint density at radius 3 is 2.57 bits per heavy atom. The van der Waals surface area contributed by atoms with E-state index in [4.69, 9.17) is 9.72 Å². The number of methoxy groups -OCH3 is 1. The summed E-state index contributed by atoms with van der Waals surface area (Å²) in [6.45, 7) is 7.20. The molecular weight excluding hydrogens is 264 g/mol. The number of anilines is 2. The molecule has 1 aromatic heterocycles. The highest BCUT2D eigenvalue weighted by Gasteiger charge is 2.25. The van der Waals surface area contributed by atoms with E-state index >= 15 is 0 Å². The van der Waals surface area contributed by atoms with Gasteiger partial charge in [-0.05, 0) is 39.5 Å². The Hall–Kier alpha value is -1.36. The molecule has 2 rings (SSSR count). The second-order valence-electron chi connectivity index (χ2n) is 5.75. The predicted octanol–water partition coefficient (Wildman–Crippen LogP) is 3.15. The Kier molecular flexibility index (Phi) is 5.79. The molecule has 0 saturated heterocycles. The Morgan fingerprint density at radius 2 is 1.95 bits per heavy atom. The zero-order chi connectivity index (χ0) is 15.2. The van der Waals surface area contributed by atoms with Crippen LogP contribution in [0.5, 0.6) is 0 Å². The van der Waals surface area contributed by atoms with Crippen molar-refractivity contribution in [1.82, 2.24) is 9.97 Å². The lowest BCUT2D eigenvalue weighted by Crippen LogP contribution is -2.20. The molecule has 0 spiro atoms. The van der Waals surface area contributed by atoms with E-state index in [-0.39, 0.29) is 0 Å². The highest BCUT2D eigenvalue weighted by Crippen LogP contribution is 2.27. The summed E-state index contributed by atoms with van der Waals surface area (Å²) in [5.41, 5.74) is 1.11. The van der Waals surface area contributed by atoms with Gasteiger partial charge in [-0.2, -0.15) is 0 Å². The van der Waals surface area contributed by atoms with Gasteiger partial charge in [0.15, 0.2) is 0 Å². The van der Waals surface area contributed by atoms with Crippen LogP contribution in [0.15, 0.2) is 0 Å². The average Bonchev–Trinajstić information content (AvgIpc) is 2.92. The van der Waals surface area contributed by atoms with Crippen LogP contribution in [0.1, 0.15) is 50.9 Å². The molecule has 1 aliphatic rings. The molecule has 2 N–H and O–H groups in total. The molecule has 1 saturated carbocycles. The van der Waals surface area contributed by atoms with E-state index in [9.17, 15) is 0 Å². The van der Waals surface area contributed by atoms with Crippen LogP contribution < -0.4 is 10.6 Å². The van der Waals surface area contributed by atoms with Crippen LogP contribution in [0.4, 0.5) is 11.6 Å². The van der Waals surface area contributed by atoms with Crippen molar-refractivity contribution in [2.45, 2.75) is 65.0 Å². The molecule has 0 aliphatic heterocycles. The summed E-state index contributed by atoms with van der Waals surface area (Å²) >= 11 is 0. The molecule has 21 heavy (non-hydrogen) atoms. The third-order valence-electron chi connectivity index (χ3n) is 4.07. The van der Waals surface area contributed by atoms with Crippen molar-refractivity contribution in [1.29, 1.82) is 0 Å². The molecule has 2 atom stereocenters. The number of nitrogens with one attached hydrogen (secondary N) is 2. The van der Waals surface area contributed by atoms with Gasteiger partial charge in [-0.25, -0.2) is 9.97 Å². The summed E-state index contributed by atoms with van der Waals surface area (Å²) in [5, 5.41) is 6.94.